The van der Waals surface area contributed by atoms with E-state index < -0.39 is 230 Å². The van der Waals surface area contributed by atoms with Gasteiger partial charge in [-0.2, -0.15) is 0 Å². The molecule has 0 N–H and O–H groups in total. The second kappa shape index (κ2) is 52.5. The van der Waals surface area contributed by atoms with Crippen molar-refractivity contribution in [3.63, 3.8) is 0 Å². The summed E-state index contributed by atoms with van der Waals surface area (Å²) in [5.41, 5.74) is 0. The molecule has 0 unspecified atom stereocenters. The maximum Gasteiger partial charge on any atom is 0.286 e. The fourth-order valence-corrected chi connectivity index (χ4v) is 44.6. The highest BCUT2D eigenvalue weighted by atomic mass is 28.4. The lowest BCUT2D eigenvalue weighted by Crippen LogP contribution is -2.23. The minimum Gasteiger partial charge on any atom is -0.449 e. The Kier molecular flexibility index (Phi) is 57.2. The van der Waals surface area contributed by atoms with E-state index in [2.05, 4.69) is 0 Å². The summed E-state index contributed by atoms with van der Waals surface area (Å²) in [6.07, 6.45) is 0. The molecular weight excluding hydrogens is 1090 g/mol. The first kappa shape index (κ1) is 53.5. The molecule has 0 spiro atoms. The fraction of sp³-hybridized carbons (Fsp3) is 0. The van der Waals surface area contributed by atoms with Gasteiger partial charge in [0.25, 0.3) is 230 Å². The van der Waals surface area contributed by atoms with Crippen LogP contribution in [0.2, 0.25) is 0 Å². The molecule has 0 amide bonds. The normalized spacial score (nSPS) is 17.4. The zero-order valence-corrected chi connectivity index (χ0v) is 64.6. The molecule has 0 aromatic heterocycles. The van der Waals surface area contributed by atoms with E-state index in [4.69, 9.17) is 98.8 Å². The highest BCUT2D eigenvalue weighted by Gasteiger charge is 2.00. The molecule has 0 fully saturated rings. The van der Waals surface area contributed by atoms with Crippen LogP contribution in [0.5, 0.6) is 0 Å². The van der Waals surface area contributed by atoms with Crippen molar-refractivity contribution in [1.82, 2.24) is 0 Å². The molecule has 0 rings (SSSR count). The van der Waals surface area contributed by atoms with Crippen molar-refractivity contribution in [3.8, 4) is 0 Å². The Morgan fingerprint density at radius 2 is 0.224 bits per heavy atom. The molecule has 0 saturated carbocycles. The van der Waals surface area contributed by atoms with E-state index in [1.165, 1.54) is 0 Å². The van der Waals surface area contributed by atoms with E-state index in [1.54, 1.807) is 0 Å². The Bertz CT molecular complexity index is 525. The van der Waals surface area contributed by atoms with Crippen molar-refractivity contribution in [2.24, 2.45) is 0 Å². The number of hydrogen-bond donors (Lipinski definition) is 0. The average Bonchev–Trinajstić information content (AvgIpc) is 3.11. The Morgan fingerprint density at radius 1 is 0.143 bits per heavy atom. The van der Waals surface area contributed by atoms with Crippen molar-refractivity contribution < 1.29 is 98.8 Å². The van der Waals surface area contributed by atoms with E-state index in [1.807, 2.05) is 0 Å². The monoisotopic (exact) mass is 1140 g/mol. The predicted octanol–water partition coefficient (Wildman–Crippen LogP) is -25.1. The van der Waals surface area contributed by atoms with Gasteiger partial charge in [0.1, 0.15) is 21.0 Å². The third kappa shape index (κ3) is 52.5. The number of rotatable bonds is 46. The molecule has 49 heteroatoms. The molecule has 0 radical (unpaired) electrons. The first-order valence-corrected chi connectivity index (χ1v) is 42.3. The summed E-state index contributed by atoms with van der Waals surface area (Å²) in [6, 6.07) is 0. The van der Waals surface area contributed by atoms with E-state index in [9.17, 15) is 0 Å². The second-order valence-corrected chi connectivity index (χ2v) is 53.7. The van der Waals surface area contributed by atoms with Crippen molar-refractivity contribution in [2.75, 3.05) is 0 Å². The molecule has 296 valence electrons. The predicted molar refractivity (Wildman–Crippen MR) is 242 cm³/mol. The van der Waals surface area contributed by atoms with Gasteiger partial charge in [0, 0.05) is 0 Å². The summed E-state index contributed by atoms with van der Waals surface area (Å²) >= 11 is 0. The zero-order chi connectivity index (χ0) is 35.2. The van der Waals surface area contributed by atoms with E-state index in [-0.39, 0.29) is 0 Å². The summed E-state index contributed by atoms with van der Waals surface area (Å²) in [5.74, 6) is 0. The Morgan fingerprint density at radius 3 is 0.306 bits per heavy atom. The van der Waals surface area contributed by atoms with Crippen LogP contribution < -0.4 is 0 Å². The zero-order valence-electron chi connectivity index (χ0n) is 28.1. The summed E-state index contributed by atoms with van der Waals surface area (Å²) in [7, 11) is -21.4. The van der Waals surface area contributed by atoms with Crippen LogP contribution in [0, 0.1) is 0 Å². The highest BCUT2D eigenvalue weighted by molar-refractivity contribution is 6.53. The van der Waals surface area contributed by atoms with E-state index >= 15 is 0 Å². The van der Waals surface area contributed by atoms with Gasteiger partial charge in [0.2, 0.25) is 0 Å². The van der Waals surface area contributed by atoms with Gasteiger partial charge in [-0.3, -0.25) is 0 Å². The summed E-state index contributed by atoms with van der Waals surface area (Å²) < 4.78 is 130. The van der Waals surface area contributed by atoms with Gasteiger partial charge in [-0.25, -0.2) is 0 Å². The molecule has 0 aliphatic rings. The standard InChI is InChI=1S/H52O24Si25/c25-1-27-3-29-5-31-7-33-9-35-11-37-13-39-15-41-17-43-19-45-21-47-23-49-24-48-22-46-20-44-18-42-16-40-14-38-12-36-10-34-8-32-6-30-4-28-2-26/h27-49H2,25-26H3. The molecule has 0 atom stereocenters. The maximum atomic E-state index is 5.50. The smallest absolute Gasteiger partial charge is 0.286 e. The first-order chi connectivity index (χ1) is 24.4. The molecular formula is H52O24Si25. The molecule has 0 saturated heterocycles. The summed E-state index contributed by atoms with van der Waals surface area (Å²) in [5, 5.41) is 0. The molecule has 24 nitrogen and oxygen atoms in total. The van der Waals surface area contributed by atoms with Crippen LogP contribution in [0.25, 0.3) is 0 Å². The van der Waals surface area contributed by atoms with Crippen LogP contribution in [0.4, 0.5) is 0 Å². The largest absolute Gasteiger partial charge is 0.449 e. The second-order valence-electron chi connectivity index (χ2n) is 7.78. The van der Waals surface area contributed by atoms with Crippen molar-refractivity contribution in [1.29, 1.82) is 0 Å². The van der Waals surface area contributed by atoms with Gasteiger partial charge < -0.3 is 98.8 Å². The molecule has 0 heterocycles. The van der Waals surface area contributed by atoms with E-state index in [0.29, 0.717) is 0 Å². The topological polar surface area (TPSA) is 222 Å². The fourth-order valence-electron chi connectivity index (χ4n) is 2.15. The van der Waals surface area contributed by atoms with E-state index in [0.717, 1.165) is 21.0 Å². The molecule has 49 heavy (non-hydrogen) atoms. The van der Waals surface area contributed by atoms with Gasteiger partial charge in [0.05, 0.1) is 0 Å². The third-order valence-electron chi connectivity index (χ3n) is 3.90. The minimum absolute atomic E-state index is 0.732. The van der Waals surface area contributed by atoms with Crippen LogP contribution in [0.15, 0.2) is 0 Å². The van der Waals surface area contributed by atoms with Gasteiger partial charge in [-0.15, -0.1) is 0 Å². The van der Waals surface area contributed by atoms with Gasteiger partial charge >= 0.3 is 0 Å². The summed E-state index contributed by atoms with van der Waals surface area (Å²) in [6.45, 7) is 0. The molecule has 0 aromatic rings. The lowest BCUT2D eigenvalue weighted by Gasteiger charge is -2.10. The molecule has 0 aliphatic carbocycles. The van der Waals surface area contributed by atoms with Gasteiger partial charge in [0.15, 0.2) is 0 Å². The van der Waals surface area contributed by atoms with Crippen molar-refractivity contribution in [2.45, 2.75) is 0 Å². The first-order valence-electron chi connectivity index (χ1n) is 14.1. The van der Waals surface area contributed by atoms with Crippen LogP contribution in [0.3, 0.4) is 0 Å². The van der Waals surface area contributed by atoms with Crippen LogP contribution in [-0.2, 0) is 98.8 Å². The lowest BCUT2D eigenvalue weighted by atomic mass is 15.7. The Hall–Kier alpha value is 4.46. The van der Waals surface area contributed by atoms with Gasteiger partial charge in [-0.05, 0) is 0 Å². The van der Waals surface area contributed by atoms with Crippen molar-refractivity contribution >= 4 is 251 Å². The quantitative estimate of drug-likeness (QED) is 0.0408. The third-order valence-corrected chi connectivity index (χ3v) is 35.1. The average molecular weight is 1140 g/mol. The molecule has 0 aliphatic heterocycles. The lowest BCUT2D eigenvalue weighted by molar-refractivity contribution is 0.355. The Balaban J connectivity index is 3.04. The van der Waals surface area contributed by atoms with Crippen LogP contribution in [-0.4, -0.2) is 251 Å². The van der Waals surface area contributed by atoms with Crippen LogP contribution in [0.1, 0.15) is 0 Å². The minimum atomic E-state index is -1.06. The van der Waals surface area contributed by atoms with Gasteiger partial charge in [-0.1, -0.05) is 0 Å². The maximum absolute atomic E-state index is 5.50. The molecule has 0 bridgehead atoms. The van der Waals surface area contributed by atoms with Crippen molar-refractivity contribution in [3.05, 3.63) is 0 Å². The Labute approximate surface area is 347 Å². The van der Waals surface area contributed by atoms with Crippen LogP contribution >= 0.6 is 0 Å². The SMILES string of the molecule is [SiH3]O[SiH2]O[SiH2]O[SiH2]O[SiH2]O[SiH2]O[SiH2]O[SiH2]O[SiH2]O[SiH2]O[SiH2]O[SiH2]O[SiH2]O[SiH2]O[SiH2]O[SiH2]O[SiH2]O[SiH2]O[SiH2]O[SiH2]O[SiH2]O[SiH2]O[SiH2]O[SiH2]O[SiH3]. The summed E-state index contributed by atoms with van der Waals surface area (Å²) in [4.78, 5) is 0. The molecule has 0 aromatic carbocycles. The highest BCUT2D eigenvalue weighted by Crippen LogP contribution is 1.82. The number of hydrogen-bond acceptors (Lipinski definition) is 24.